The molecule has 0 spiro atoms. The summed E-state index contributed by atoms with van der Waals surface area (Å²) >= 11 is 0. The molecule has 5 heteroatoms. The SMILES string of the molecule is CC(N=O)C(C)(C)n1cncn1. The van der Waals surface area contributed by atoms with Crippen LogP contribution >= 0.6 is 0 Å². The van der Waals surface area contributed by atoms with E-state index in [0.717, 1.165) is 0 Å². The molecule has 0 aliphatic heterocycles. The predicted octanol–water partition coefficient (Wildman–Crippen LogP) is 1.17. The topological polar surface area (TPSA) is 60.1 Å². The van der Waals surface area contributed by atoms with Crippen LogP contribution in [0.2, 0.25) is 0 Å². The first-order valence-corrected chi connectivity index (χ1v) is 3.76. The van der Waals surface area contributed by atoms with Crippen molar-refractivity contribution < 1.29 is 0 Å². The molecule has 0 aliphatic rings. The first kappa shape index (κ1) is 8.83. The summed E-state index contributed by atoms with van der Waals surface area (Å²) in [7, 11) is 0. The summed E-state index contributed by atoms with van der Waals surface area (Å²) in [5, 5.41) is 6.94. The van der Waals surface area contributed by atoms with Crippen molar-refractivity contribution in [2.45, 2.75) is 32.4 Å². The normalized spacial score (nSPS) is 14.2. The van der Waals surface area contributed by atoms with Crippen molar-refractivity contribution in [1.29, 1.82) is 0 Å². The van der Waals surface area contributed by atoms with Gasteiger partial charge in [-0.25, -0.2) is 9.67 Å². The zero-order valence-electron chi connectivity index (χ0n) is 7.43. The van der Waals surface area contributed by atoms with Crippen molar-refractivity contribution in [2.75, 3.05) is 0 Å². The third-order valence-electron chi connectivity index (χ3n) is 2.19. The maximum absolute atomic E-state index is 10.3. The largest absolute Gasteiger partial charge is 0.245 e. The predicted molar refractivity (Wildman–Crippen MR) is 44.6 cm³/mol. The van der Waals surface area contributed by atoms with Gasteiger partial charge in [-0.2, -0.15) is 10.0 Å². The Balaban J connectivity index is 2.93. The van der Waals surface area contributed by atoms with Crippen LogP contribution in [0.5, 0.6) is 0 Å². The molecule has 0 bridgehead atoms. The van der Waals surface area contributed by atoms with E-state index in [1.807, 2.05) is 13.8 Å². The van der Waals surface area contributed by atoms with Gasteiger partial charge in [-0.3, -0.25) is 0 Å². The Morgan fingerprint density at radius 3 is 2.67 bits per heavy atom. The molecule has 1 aromatic rings. The Hall–Kier alpha value is -1.26. The maximum atomic E-state index is 10.3. The molecule has 0 fully saturated rings. The van der Waals surface area contributed by atoms with Crippen LogP contribution in [-0.2, 0) is 5.54 Å². The molecular formula is C7H12N4O. The first-order valence-electron chi connectivity index (χ1n) is 3.76. The molecule has 5 nitrogen and oxygen atoms in total. The van der Waals surface area contributed by atoms with Crippen LogP contribution in [0.15, 0.2) is 17.8 Å². The Kier molecular flexibility index (Phi) is 2.21. The van der Waals surface area contributed by atoms with E-state index < -0.39 is 5.54 Å². The molecule has 0 aliphatic carbocycles. The molecular weight excluding hydrogens is 156 g/mol. The molecule has 0 radical (unpaired) electrons. The third-order valence-corrected chi connectivity index (χ3v) is 2.19. The summed E-state index contributed by atoms with van der Waals surface area (Å²) in [5.74, 6) is 0. The average Bonchev–Trinajstić information content (AvgIpc) is 2.55. The van der Waals surface area contributed by atoms with Crippen LogP contribution in [0.1, 0.15) is 20.8 Å². The molecule has 0 N–H and O–H groups in total. The Bertz CT molecular complexity index is 254. The molecule has 0 aromatic carbocycles. The van der Waals surface area contributed by atoms with E-state index in [1.165, 1.54) is 6.33 Å². The Morgan fingerprint density at radius 2 is 2.25 bits per heavy atom. The van der Waals surface area contributed by atoms with Gasteiger partial charge in [0.15, 0.2) is 0 Å². The molecule has 0 amide bonds. The highest BCUT2D eigenvalue weighted by molar-refractivity contribution is 4.86. The zero-order chi connectivity index (χ0) is 9.19. The van der Waals surface area contributed by atoms with E-state index in [4.69, 9.17) is 0 Å². The number of hydrogen-bond donors (Lipinski definition) is 0. The lowest BCUT2D eigenvalue weighted by Crippen LogP contribution is -2.36. The van der Waals surface area contributed by atoms with Gasteiger partial charge in [0.1, 0.15) is 18.7 Å². The number of hydrogen-bond acceptors (Lipinski definition) is 4. The summed E-state index contributed by atoms with van der Waals surface area (Å²) < 4.78 is 1.64. The van der Waals surface area contributed by atoms with Gasteiger partial charge in [-0.1, -0.05) is 5.18 Å². The summed E-state index contributed by atoms with van der Waals surface area (Å²) in [6, 6.07) is -0.320. The lowest BCUT2D eigenvalue weighted by molar-refractivity contribution is 0.268. The Morgan fingerprint density at radius 1 is 1.58 bits per heavy atom. The third kappa shape index (κ3) is 1.34. The standard InChI is InChI=1S/C7H12N4O/c1-6(10-12)7(2,3)11-5-8-4-9-11/h4-6H,1-3H3. The van der Waals surface area contributed by atoms with Crippen molar-refractivity contribution >= 4 is 0 Å². The van der Waals surface area contributed by atoms with Crippen molar-refractivity contribution in [3.05, 3.63) is 17.6 Å². The second kappa shape index (κ2) is 3.00. The molecule has 1 rings (SSSR count). The van der Waals surface area contributed by atoms with E-state index in [2.05, 4.69) is 15.3 Å². The van der Waals surface area contributed by atoms with Crippen LogP contribution in [-0.4, -0.2) is 20.8 Å². The van der Waals surface area contributed by atoms with Crippen LogP contribution in [0, 0.1) is 4.91 Å². The highest BCUT2D eigenvalue weighted by Gasteiger charge is 2.29. The smallest absolute Gasteiger partial charge is 0.137 e. The molecule has 66 valence electrons. The van der Waals surface area contributed by atoms with Crippen LogP contribution in [0.25, 0.3) is 0 Å². The maximum Gasteiger partial charge on any atom is 0.137 e. The van der Waals surface area contributed by atoms with Crippen LogP contribution in [0.3, 0.4) is 0 Å². The first-order chi connectivity index (χ1) is 5.59. The lowest BCUT2D eigenvalue weighted by Gasteiger charge is -2.26. The fourth-order valence-corrected chi connectivity index (χ4v) is 0.826. The fourth-order valence-electron chi connectivity index (χ4n) is 0.826. The zero-order valence-corrected chi connectivity index (χ0v) is 7.43. The van der Waals surface area contributed by atoms with Gasteiger partial charge < -0.3 is 0 Å². The van der Waals surface area contributed by atoms with Crippen molar-refractivity contribution in [3.63, 3.8) is 0 Å². The van der Waals surface area contributed by atoms with E-state index in [0.29, 0.717) is 0 Å². The van der Waals surface area contributed by atoms with E-state index in [1.54, 1.807) is 17.9 Å². The molecule has 1 heterocycles. The van der Waals surface area contributed by atoms with Gasteiger partial charge in [-0.15, -0.1) is 0 Å². The van der Waals surface area contributed by atoms with Gasteiger partial charge >= 0.3 is 0 Å². The minimum Gasteiger partial charge on any atom is -0.245 e. The fraction of sp³-hybridized carbons (Fsp3) is 0.714. The number of nitrogens with zero attached hydrogens (tertiary/aromatic N) is 4. The lowest BCUT2D eigenvalue weighted by atomic mass is 9.97. The van der Waals surface area contributed by atoms with Crippen molar-refractivity contribution in [3.8, 4) is 0 Å². The molecule has 0 saturated carbocycles. The quantitative estimate of drug-likeness (QED) is 0.636. The van der Waals surface area contributed by atoms with E-state index in [9.17, 15) is 4.91 Å². The molecule has 1 unspecified atom stereocenters. The van der Waals surface area contributed by atoms with Gasteiger partial charge in [0.25, 0.3) is 0 Å². The average molecular weight is 168 g/mol. The van der Waals surface area contributed by atoms with E-state index >= 15 is 0 Å². The van der Waals surface area contributed by atoms with Crippen LogP contribution in [0.4, 0.5) is 0 Å². The molecule has 12 heavy (non-hydrogen) atoms. The number of rotatable bonds is 3. The molecule has 1 atom stereocenters. The van der Waals surface area contributed by atoms with Gasteiger partial charge in [0.05, 0.1) is 5.54 Å². The summed E-state index contributed by atoms with van der Waals surface area (Å²) in [6.45, 7) is 5.55. The second-order valence-electron chi connectivity index (χ2n) is 3.28. The molecule has 1 aromatic heterocycles. The van der Waals surface area contributed by atoms with Crippen molar-refractivity contribution in [1.82, 2.24) is 14.8 Å². The van der Waals surface area contributed by atoms with Gasteiger partial charge in [0.2, 0.25) is 0 Å². The molecule has 0 saturated heterocycles. The second-order valence-corrected chi connectivity index (χ2v) is 3.28. The highest BCUT2D eigenvalue weighted by atomic mass is 16.3. The highest BCUT2D eigenvalue weighted by Crippen LogP contribution is 2.20. The summed E-state index contributed by atoms with van der Waals surface area (Å²) in [4.78, 5) is 14.1. The van der Waals surface area contributed by atoms with Crippen molar-refractivity contribution in [2.24, 2.45) is 5.18 Å². The minimum atomic E-state index is -0.405. The van der Waals surface area contributed by atoms with Gasteiger partial charge in [0, 0.05) is 0 Å². The van der Waals surface area contributed by atoms with Crippen LogP contribution < -0.4 is 0 Å². The van der Waals surface area contributed by atoms with E-state index in [-0.39, 0.29) is 6.04 Å². The van der Waals surface area contributed by atoms with Gasteiger partial charge in [-0.05, 0) is 20.8 Å². The number of nitroso groups, excluding NO2 is 1. The minimum absolute atomic E-state index is 0.320. The Labute approximate surface area is 70.8 Å². The summed E-state index contributed by atoms with van der Waals surface area (Å²) in [6.07, 6.45) is 3.03. The number of aromatic nitrogens is 3. The monoisotopic (exact) mass is 168 g/mol. The summed E-state index contributed by atoms with van der Waals surface area (Å²) in [5.41, 5.74) is -0.405.